The lowest BCUT2D eigenvalue weighted by atomic mass is 9.87. The van der Waals surface area contributed by atoms with Crippen molar-refractivity contribution in [3.05, 3.63) is 34.9 Å². The van der Waals surface area contributed by atoms with Crippen LogP contribution in [0.25, 0.3) is 6.08 Å². The molecular weight excluding hydrogens is 198 g/mol. The van der Waals surface area contributed by atoms with Gasteiger partial charge in [0.1, 0.15) is 5.75 Å². The zero-order valence-corrected chi connectivity index (χ0v) is 9.83. The second kappa shape index (κ2) is 5.17. The van der Waals surface area contributed by atoms with Crippen LogP contribution >= 0.6 is 0 Å². The van der Waals surface area contributed by atoms with Crippen LogP contribution in [0, 0.1) is 0 Å². The van der Waals surface area contributed by atoms with Gasteiger partial charge in [0.25, 0.3) is 0 Å². The first-order valence-corrected chi connectivity index (χ1v) is 5.92. The molecule has 86 valence electrons. The normalized spacial score (nSPS) is 15.1. The van der Waals surface area contributed by atoms with Gasteiger partial charge in [-0.05, 0) is 48.4 Å². The van der Waals surface area contributed by atoms with Crippen LogP contribution in [-0.4, -0.2) is 13.7 Å². The van der Waals surface area contributed by atoms with Crippen LogP contribution in [0.5, 0.6) is 5.75 Å². The van der Waals surface area contributed by atoms with Crippen LogP contribution in [0.3, 0.4) is 0 Å². The van der Waals surface area contributed by atoms with Gasteiger partial charge in [0.15, 0.2) is 0 Å². The summed E-state index contributed by atoms with van der Waals surface area (Å²) < 4.78 is 5.42. The first kappa shape index (κ1) is 11.2. The van der Waals surface area contributed by atoms with Crippen LogP contribution in [0.1, 0.15) is 29.5 Å². The highest BCUT2D eigenvalue weighted by Crippen LogP contribution is 2.32. The monoisotopic (exact) mass is 217 g/mol. The second-order valence-electron chi connectivity index (χ2n) is 4.16. The zero-order valence-electron chi connectivity index (χ0n) is 9.83. The predicted molar refractivity (Wildman–Crippen MR) is 67.7 cm³/mol. The minimum Gasteiger partial charge on any atom is -0.496 e. The molecule has 2 N–H and O–H groups in total. The molecule has 0 unspecified atom stereocenters. The molecule has 0 aliphatic heterocycles. The second-order valence-corrected chi connectivity index (χ2v) is 4.16. The summed E-state index contributed by atoms with van der Waals surface area (Å²) in [6.45, 7) is 0.598. The van der Waals surface area contributed by atoms with Crippen molar-refractivity contribution in [2.75, 3.05) is 13.7 Å². The number of fused-ring (bicyclic) bond motifs is 1. The number of ether oxygens (including phenoxy) is 1. The van der Waals surface area contributed by atoms with E-state index in [4.69, 9.17) is 10.5 Å². The van der Waals surface area contributed by atoms with Crippen molar-refractivity contribution < 1.29 is 4.74 Å². The summed E-state index contributed by atoms with van der Waals surface area (Å²) >= 11 is 0. The van der Waals surface area contributed by atoms with Crippen molar-refractivity contribution in [1.82, 2.24) is 0 Å². The van der Waals surface area contributed by atoms with E-state index in [-0.39, 0.29) is 0 Å². The molecule has 1 aliphatic carbocycles. The van der Waals surface area contributed by atoms with Crippen molar-refractivity contribution in [3.63, 3.8) is 0 Å². The van der Waals surface area contributed by atoms with Crippen molar-refractivity contribution in [3.8, 4) is 5.75 Å². The Hall–Kier alpha value is -1.28. The first-order chi connectivity index (χ1) is 7.86. The Morgan fingerprint density at radius 1 is 1.25 bits per heavy atom. The van der Waals surface area contributed by atoms with Crippen molar-refractivity contribution in [1.29, 1.82) is 0 Å². The third-order valence-corrected chi connectivity index (χ3v) is 3.18. The molecule has 0 aromatic heterocycles. The highest BCUT2D eigenvalue weighted by molar-refractivity contribution is 5.60. The summed E-state index contributed by atoms with van der Waals surface area (Å²) in [6, 6.07) is 4.20. The Morgan fingerprint density at radius 3 is 2.69 bits per heavy atom. The number of hydrogen-bond donors (Lipinski definition) is 1. The van der Waals surface area contributed by atoms with Crippen LogP contribution < -0.4 is 10.5 Å². The summed E-state index contributed by atoms with van der Waals surface area (Å²) in [5, 5.41) is 0. The van der Waals surface area contributed by atoms with Gasteiger partial charge in [-0.25, -0.2) is 0 Å². The third kappa shape index (κ3) is 2.12. The lowest BCUT2D eigenvalue weighted by molar-refractivity contribution is 0.406. The van der Waals surface area contributed by atoms with E-state index in [1.54, 1.807) is 7.11 Å². The van der Waals surface area contributed by atoms with E-state index in [0.29, 0.717) is 6.54 Å². The van der Waals surface area contributed by atoms with Gasteiger partial charge >= 0.3 is 0 Å². The molecule has 16 heavy (non-hydrogen) atoms. The highest BCUT2D eigenvalue weighted by atomic mass is 16.5. The average molecular weight is 217 g/mol. The fraction of sp³-hybridized carbons (Fsp3) is 0.429. The van der Waals surface area contributed by atoms with Crippen molar-refractivity contribution >= 4 is 6.08 Å². The molecule has 1 aliphatic rings. The van der Waals surface area contributed by atoms with Gasteiger partial charge in [0.2, 0.25) is 0 Å². The Bertz CT molecular complexity index is 396. The van der Waals surface area contributed by atoms with E-state index in [9.17, 15) is 0 Å². The van der Waals surface area contributed by atoms with Gasteiger partial charge in [-0.2, -0.15) is 0 Å². The van der Waals surface area contributed by atoms with E-state index in [0.717, 1.165) is 18.6 Å². The van der Waals surface area contributed by atoms with Crippen molar-refractivity contribution in [2.45, 2.75) is 25.7 Å². The predicted octanol–water partition coefficient (Wildman–Crippen LogP) is 2.55. The number of methoxy groups -OCH3 is 1. The van der Waals surface area contributed by atoms with Gasteiger partial charge < -0.3 is 10.5 Å². The SMILES string of the molecule is COc1ccc(/C=C/CN)c2c1CCCC2. The molecule has 0 amide bonds. The van der Waals surface area contributed by atoms with E-state index in [1.807, 2.05) is 6.08 Å². The molecule has 0 spiro atoms. The standard InChI is InChI=1S/C14H19NO/c1-16-14-9-8-11(5-4-10-15)12-6-2-3-7-13(12)14/h4-5,8-9H,2-3,6-7,10,15H2,1H3/b5-4+. The first-order valence-electron chi connectivity index (χ1n) is 5.92. The molecule has 0 saturated carbocycles. The van der Waals surface area contributed by atoms with E-state index in [1.165, 1.54) is 29.5 Å². The lowest BCUT2D eigenvalue weighted by Crippen LogP contribution is -2.07. The maximum atomic E-state index is 5.50. The minimum absolute atomic E-state index is 0.598. The van der Waals surface area contributed by atoms with E-state index in [2.05, 4.69) is 18.2 Å². The summed E-state index contributed by atoms with van der Waals surface area (Å²) in [6.07, 6.45) is 9.00. The van der Waals surface area contributed by atoms with Crippen molar-refractivity contribution in [2.24, 2.45) is 5.73 Å². The van der Waals surface area contributed by atoms with Crippen LogP contribution in [0.2, 0.25) is 0 Å². The molecule has 0 heterocycles. The molecule has 0 radical (unpaired) electrons. The maximum absolute atomic E-state index is 5.50. The molecule has 2 heteroatoms. The van der Waals surface area contributed by atoms with Gasteiger partial charge in [-0.3, -0.25) is 0 Å². The van der Waals surface area contributed by atoms with Gasteiger partial charge in [-0.15, -0.1) is 0 Å². The minimum atomic E-state index is 0.598. The summed E-state index contributed by atoms with van der Waals surface area (Å²) in [5.74, 6) is 1.04. The van der Waals surface area contributed by atoms with Crippen LogP contribution in [-0.2, 0) is 12.8 Å². The molecular formula is C14H19NO. The number of rotatable bonds is 3. The number of hydrogen-bond acceptors (Lipinski definition) is 2. The zero-order chi connectivity index (χ0) is 11.4. The fourth-order valence-corrected chi connectivity index (χ4v) is 2.40. The van der Waals surface area contributed by atoms with Gasteiger partial charge in [-0.1, -0.05) is 18.2 Å². The molecule has 0 atom stereocenters. The van der Waals surface area contributed by atoms with E-state index >= 15 is 0 Å². The molecule has 1 aromatic rings. The fourth-order valence-electron chi connectivity index (χ4n) is 2.40. The molecule has 1 aromatic carbocycles. The summed E-state index contributed by atoms with van der Waals surface area (Å²) in [5.41, 5.74) is 9.65. The highest BCUT2D eigenvalue weighted by Gasteiger charge is 2.16. The Balaban J connectivity index is 2.44. The topological polar surface area (TPSA) is 35.2 Å². The Morgan fingerprint density at radius 2 is 2.00 bits per heavy atom. The third-order valence-electron chi connectivity index (χ3n) is 3.18. The molecule has 2 rings (SSSR count). The van der Waals surface area contributed by atoms with E-state index < -0.39 is 0 Å². The Labute approximate surface area is 97.1 Å². The molecule has 0 bridgehead atoms. The number of benzene rings is 1. The van der Waals surface area contributed by atoms with Crippen LogP contribution in [0.15, 0.2) is 18.2 Å². The Kier molecular flexibility index (Phi) is 3.62. The number of nitrogens with two attached hydrogens (primary N) is 1. The smallest absolute Gasteiger partial charge is 0.122 e. The van der Waals surface area contributed by atoms with Gasteiger partial charge in [0, 0.05) is 6.54 Å². The molecule has 2 nitrogen and oxygen atoms in total. The summed E-state index contributed by atoms with van der Waals surface area (Å²) in [7, 11) is 1.75. The molecule has 0 saturated heterocycles. The average Bonchev–Trinajstić information content (AvgIpc) is 2.36. The largest absolute Gasteiger partial charge is 0.496 e. The maximum Gasteiger partial charge on any atom is 0.122 e. The van der Waals surface area contributed by atoms with Crippen LogP contribution in [0.4, 0.5) is 0 Å². The quantitative estimate of drug-likeness (QED) is 0.844. The molecule has 0 fully saturated rings. The van der Waals surface area contributed by atoms with Gasteiger partial charge in [0.05, 0.1) is 7.11 Å². The summed E-state index contributed by atoms with van der Waals surface area (Å²) in [4.78, 5) is 0. The lowest BCUT2D eigenvalue weighted by Gasteiger charge is -2.20.